The molecule has 5 aliphatic carbocycles. The Morgan fingerprint density at radius 2 is 1.42 bits per heavy atom. The van der Waals surface area contributed by atoms with E-state index in [1.165, 1.54) is 51.4 Å². The van der Waals surface area contributed by atoms with Gasteiger partial charge >= 0.3 is 0 Å². The lowest BCUT2D eigenvalue weighted by molar-refractivity contribution is -0.129. The molecule has 31 heavy (non-hydrogen) atoms. The van der Waals surface area contributed by atoms with Crippen molar-refractivity contribution in [1.29, 1.82) is 0 Å². The molecule has 0 radical (unpaired) electrons. The molecule has 1 N–H and O–H groups in total. The highest BCUT2D eigenvalue weighted by atomic mass is 16.3. The van der Waals surface area contributed by atoms with Gasteiger partial charge in [0.15, 0.2) is 0 Å². The predicted molar refractivity (Wildman–Crippen MR) is 131 cm³/mol. The molecule has 0 bridgehead atoms. The van der Waals surface area contributed by atoms with Gasteiger partial charge in [0.25, 0.3) is 0 Å². The summed E-state index contributed by atoms with van der Waals surface area (Å²) >= 11 is 0. The fourth-order valence-electron chi connectivity index (χ4n) is 10.9. The molecule has 0 unspecified atom stereocenters. The van der Waals surface area contributed by atoms with Crippen molar-refractivity contribution >= 4 is 0 Å². The fraction of sp³-hybridized carbons (Fsp3) is 1.00. The second-order valence-electron chi connectivity index (χ2n) is 14.5. The van der Waals surface area contributed by atoms with Crippen LogP contribution in [0.4, 0.5) is 0 Å². The number of fused-ring (bicyclic) bond motifs is 5. The highest BCUT2D eigenvalue weighted by Crippen LogP contribution is 2.71. The Balaban J connectivity index is 1.33. The summed E-state index contributed by atoms with van der Waals surface area (Å²) < 4.78 is 0. The van der Waals surface area contributed by atoms with Crippen LogP contribution in [0.3, 0.4) is 0 Å². The van der Waals surface area contributed by atoms with Crippen molar-refractivity contribution < 1.29 is 5.11 Å². The lowest BCUT2D eigenvalue weighted by atomic mass is 9.44. The summed E-state index contributed by atoms with van der Waals surface area (Å²) in [6, 6.07) is 0. The summed E-state index contributed by atoms with van der Waals surface area (Å²) in [4.78, 5) is 0. The lowest BCUT2D eigenvalue weighted by Crippen LogP contribution is -2.54. The first-order chi connectivity index (χ1) is 14.5. The van der Waals surface area contributed by atoms with E-state index in [4.69, 9.17) is 0 Å². The SMILES string of the molecule is CC(C)[C@H](C)[C@@]1(C)C[C@@H]1[C@@H](C)[C@H]1CC[C@H]2[C@@H]3CC[C@H]4C[C@@H](O)CC[C@]4(C)[C@H]3CC[C@]12C. The van der Waals surface area contributed by atoms with Crippen molar-refractivity contribution in [2.45, 2.75) is 119 Å². The Hall–Kier alpha value is -0.0400. The molecule has 0 saturated heterocycles. The summed E-state index contributed by atoms with van der Waals surface area (Å²) in [6.07, 6.45) is 13.8. The van der Waals surface area contributed by atoms with Crippen molar-refractivity contribution in [3.63, 3.8) is 0 Å². The zero-order valence-electron chi connectivity index (χ0n) is 21.8. The molecule has 0 heterocycles. The van der Waals surface area contributed by atoms with E-state index in [0.29, 0.717) is 16.2 Å². The van der Waals surface area contributed by atoms with E-state index >= 15 is 0 Å². The number of hydrogen-bond acceptors (Lipinski definition) is 1. The molecule has 0 aromatic rings. The van der Waals surface area contributed by atoms with Crippen molar-refractivity contribution in [3.8, 4) is 0 Å². The molecule has 5 saturated carbocycles. The van der Waals surface area contributed by atoms with Crippen LogP contribution in [0.15, 0.2) is 0 Å². The molecule has 1 nitrogen and oxygen atoms in total. The van der Waals surface area contributed by atoms with E-state index in [1.807, 2.05) is 0 Å². The molecule has 12 atom stereocenters. The Morgan fingerprint density at radius 3 is 2.13 bits per heavy atom. The van der Waals surface area contributed by atoms with E-state index < -0.39 is 0 Å². The van der Waals surface area contributed by atoms with Crippen LogP contribution in [-0.4, -0.2) is 11.2 Å². The normalized spacial score (nSPS) is 55.8. The zero-order valence-corrected chi connectivity index (χ0v) is 21.8. The summed E-state index contributed by atoms with van der Waals surface area (Å²) in [5, 5.41) is 10.3. The lowest BCUT2D eigenvalue weighted by Gasteiger charge is -2.61. The molecule has 0 aliphatic heterocycles. The molecular formula is C30H52O. The minimum absolute atomic E-state index is 0.0127. The molecular weight excluding hydrogens is 376 g/mol. The smallest absolute Gasteiger partial charge is 0.0543 e. The Morgan fingerprint density at radius 1 is 0.742 bits per heavy atom. The van der Waals surface area contributed by atoms with E-state index in [2.05, 4.69) is 48.5 Å². The van der Waals surface area contributed by atoms with E-state index in [-0.39, 0.29) is 6.10 Å². The van der Waals surface area contributed by atoms with Gasteiger partial charge in [-0.2, -0.15) is 0 Å². The van der Waals surface area contributed by atoms with Gasteiger partial charge in [-0.15, -0.1) is 0 Å². The van der Waals surface area contributed by atoms with Crippen molar-refractivity contribution in [3.05, 3.63) is 0 Å². The maximum atomic E-state index is 10.3. The molecule has 0 aromatic carbocycles. The topological polar surface area (TPSA) is 20.2 Å². The standard InChI is InChI=1S/C30H52O/c1-18(2)20(4)30(7)17-27(30)19(3)24-10-11-25-23-9-8-21-16-22(31)12-14-28(21,5)26(23)13-15-29(24,25)6/h18-27,31H,8-17H2,1-7H3/t19-,20-,21-,22-,23-,24+,25-,26-,27+,28-,29+,30+/m0/s1. The van der Waals surface area contributed by atoms with Gasteiger partial charge in [-0.05, 0) is 134 Å². The molecule has 1 heteroatoms. The van der Waals surface area contributed by atoms with E-state index in [9.17, 15) is 5.11 Å². The number of rotatable bonds is 4. The van der Waals surface area contributed by atoms with E-state index in [1.54, 1.807) is 0 Å². The van der Waals surface area contributed by atoms with Crippen LogP contribution in [0.25, 0.3) is 0 Å². The monoisotopic (exact) mass is 428 g/mol. The number of hydrogen-bond donors (Lipinski definition) is 1. The largest absolute Gasteiger partial charge is 0.393 e. The first kappa shape index (κ1) is 22.7. The van der Waals surface area contributed by atoms with Crippen LogP contribution in [0, 0.1) is 69.5 Å². The van der Waals surface area contributed by atoms with Gasteiger partial charge in [0, 0.05) is 0 Å². The molecule has 0 amide bonds. The molecule has 178 valence electrons. The number of aliphatic hydroxyl groups excluding tert-OH is 1. The third-order valence-corrected chi connectivity index (χ3v) is 13.4. The second-order valence-corrected chi connectivity index (χ2v) is 14.5. The van der Waals surface area contributed by atoms with Crippen molar-refractivity contribution in [1.82, 2.24) is 0 Å². The molecule has 5 aliphatic rings. The van der Waals surface area contributed by atoms with Gasteiger partial charge in [0.05, 0.1) is 6.10 Å². The average molecular weight is 429 g/mol. The third kappa shape index (κ3) is 3.24. The zero-order chi connectivity index (χ0) is 22.3. The molecule has 5 fully saturated rings. The van der Waals surface area contributed by atoms with E-state index in [0.717, 1.165) is 66.1 Å². The van der Waals surface area contributed by atoms with Gasteiger partial charge in [-0.3, -0.25) is 0 Å². The fourth-order valence-corrected chi connectivity index (χ4v) is 10.9. The molecule has 5 rings (SSSR count). The van der Waals surface area contributed by atoms with Crippen LogP contribution in [0.2, 0.25) is 0 Å². The Bertz CT molecular complexity index is 684. The summed E-state index contributed by atoms with van der Waals surface area (Å²) in [6.45, 7) is 18.1. The van der Waals surface area contributed by atoms with Gasteiger partial charge < -0.3 is 5.11 Å². The summed E-state index contributed by atoms with van der Waals surface area (Å²) in [5.74, 6) is 8.21. The average Bonchev–Trinajstić information content (AvgIpc) is 3.29. The first-order valence-electron chi connectivity index (χ1n) is 14.2. The summed E-state index contributed by atoms with van der Waals surface area (Å²) in [7, 11) is 0. The van der Waals surface area contributed by atoms with Crippen molar-refractivity contribution in [2.75, 3.05) is 0 Å². The number of aliphatic hydroxyl groups is 1. The second kappa shape index (κ2) is 7.48. The minimum atomic E-state index is -0.0127. The highest BCUT2D eigenvalue weighted by Gasteiger charge is 2.64. The first-order valence-corrected chi connectivity index (χ1v) is 14.2. The van der Waals surface area contributed by atoms with Gasteiger partial charge in [-0.25, -0.2) is 0 Å². The maximum absolute atomic E-state index is 10.3. The van der Waals surface area contributed by atoms with Gasteiger partial charge in [-0.1, -0.05) is 48.5 Å². The quantitative estimate of drug-likeness (QED) is 0.481. The van der Waals surface area contributed by atoms with Crippen molar-refractivity contribution in [2.24, 2.45) is 69.5 Å². The maximum Gasteiger partial charge on any atom is 0.0543 e. The van der Waals surface area contributed by atoms with Crippen LogP contribution < -0.4 is 0 Å². The van der Waals surface area contributed by atoms with Crippen LogP contribution in [-0.2, 0) is 0 Å². The van der Waals surface area contributed by atoms with Crippen LogP contribution in [0.5, 0.6) is 0 Å². The molecule has 0 aromatic heterocycles. The minimum Gasteiger partial charge on any atom is -0.393 e. The Labute approximate surface area is 193 Å². The summed E-state index contributed by atoms with van der Waals surface area (Å²) in [5.41, 5.74) is 1.73. The highest BCUT2D eigenvalue weighted by molar-refractivity contribution is 5.13. The molecule has 0 spiro atoms. The van der Waals surface area contributed by atoms with Crippen LogP contribution >= 0.6 is 0 Å². The Kier molecular flexibility index (Phi) is 5.49. The van der Waals surface area contributed by atoms with Gasteiger partial charge in [0.2, 0.25) is 0 Å². The third-order valence-electron chi connectivity index (χ3n) is 13.4. The van der Waals surface area contributed by atoms with Crippen LogP contribution in [0.1, 0.15) is 113 Å². The predicted octanol–water partition coefficient (Wildman–Crippen LogP) is 7.96. The van der Waals surface area contributed by atoms with Gasteiger partial charge in [0.1, 0.15) is 0 Å².